The second-order valence-corrected chi connectivity index (χ2v) is 6.79. The molecule has 2 N–H and O–H groups in total. The molecule has 0 aromatic carbocycles. The third-order valence-corrected chi connectivity index (χ3v) is 5.52. The maximum atomic E-state index is 12.5. The molecule has 0 spiro atoms. The van der Waals surface area contributed by atoms with E-state index < -0.39 is 10.0 Å². The molecule has 2 rings (SSSR count). The molecule has 0 bridgehead atoms. The van der Waals surface area contributed by atoms with Gasteiger partial charge in [-0.15, -0.1) is 0 Å². The third kappa shape index (κ3) is 2.43. The molecule has 1 atom stereocenters. The number of aromatic amines is 1. The van der Waals surface area contributed by atoms with E-state index in [1.165, 1.54) is 4.31 Å². The Morgan fingerprint density at radius 3 is 2.83 bits per heavy atom. The summed E-state index contributed by atoms with van der Waals surface area (Å²) in [4.78, 5) is 0. The van der Waals surface area contributed by atoms with E-state index in [-0.39, 0.29) is 11.1 Å². The van der Waals surface area contributed by atoms with Gasteiger partial charge in [0.2, 0.25) is 0 Å². The monoisotopic (exact) mass is 272 g/mol. The molecule has 1 saturated carbocycles. The highest BCUT2D eigenvalue weighted by Gasteiger charge is 2.37. The van der Waals surface area contributed by atoms with Crippen molar-refractivity contribution in [3.63, 3.8) is 0 Å². The Bertz CT molecular complexity index is 507. The van der Waals surface area contributed by atoms with Crippen LogP contribution in [0, 0.1) is 5.92 Å². The van der Waals surface area contributed by atoms with E-state index >= 15 is 0 Å². The smallest absolute Gasteiger partial charge is 0.260 e. The van der Waals surface area contributed by atoms with Crippen LogP contribution in [0.25, 0.3) is 0 Å². The Hall–Kier alpha value is -0.920. The number of nitrogens with zero attached hydrogens (tertiary/aromatic N) is 2. The van der Waals surface area contributed by atoms with Gasteiger partial charge in [0.25, 0.3) is 10.0 Å². The van der Waals surface area contributed by atoms with Crippen LogP contribution in [0.5, 0.6) is 0 Å². The summed E-state index contributed by atoms with van der Waals surface area (Å²) in [6, 6.07) is 0.0423. The van der Waals surface area contributed by atoms with Crippen molar-refractivity contribution in [3.8, 4) is 0 Å². The molecule has 1 unspecified atom stereocenters. The Morgan fingerprint density at radius 2 is 2.28 bits per heavy atom. The Labute approximate surface area is 108 Å². The summed E-state index contributed by atoms with van der Waals surface area (Å²) in [6.07, 6.45) is 3.79. The molecule has 1 heterocycles. The van der Waals surface area contributed by atoms with Gasteiger partial charge < -0.3 is 5.32 Å². The summed E-state index contributed by atoms with van der Waals surface area (Å²) in [5.74, 6) is 0.500. The second-order valence-electron chi connectivity index (χ2n) is 4.85. The lowest BCUT2D eigenvalue weighted by molar-refractivity contribution is 0.355. The zero-order chi connectivity index (χ0) is 13.3. The average Bonchev–Trinajstić information content (AvgIpc) is 3.07. The number of hydrogen-bond donors (Lipinski definition) is 2. The van der Waals surface area contributed by atoms with Crippen LogP contribution in [-0.4, -0.2) is 43.1 Å². The summed E-state index contributed by atoms with van der Waals surface area (Å²) in [6.45, 7) is 2.44. The SMILES string of the molecule is CNCc1cn[nH]c1S(=O)(=O)N(C)C(C)C1CC1. The van der Waals surface area contributed by atoms with Crippen LogP contribution >= 0.6 is 0 Å². The van der Waals surface area contributed by atoms with Crippen LogP contribution in [0.1, 0.15) is 25.3 Å². The lowest BCUT2D eigenvalue weighted by Gasteiger charge is -2.23. The molecule has 0 radical (unpaired) electrons. The van der Waals surface area contributed by atoms with Crippen molar-refractivity contribution in [2.24, 2.45) is 5.92 Å². The van der Waals surface area contributed by atoms with Gasteiger partial charge in [-0.25, -0.2) is 8.42 Å². The third-order valence-electron chi connectivity index (χ3n) is 3.56. The highest BCUT2D eigenvalue weighted by atomic mass is 32.2. The molecule has 7 heteroatoms. The summed E-state index contributed by atoms with van der Waals surface area (Å²) < 4.78 is 26.4. The fourth-order valence-corrected chi connectivity index (χ4v) is 3.60. The van der Waals surface area contributed by atoms with Crippen molar-refractivity contribution in [2.75, 3.05) is 14.1 Å². The van der Waals surface area contributed by atoms with Gasteiger partial charge in [0, 0.05) is 25.2 Å². The summed E-state index contributed by atoms with van der Waals surface area (Å²) in [5, 5.41) is 9.59. The van der Waals surface area contributed by atoms with Crippen molar-refractivity contribution >= 4 is 10.0 Å². The predicted molar refractivity (Wildman–Crippen MR) is 68.5 cm³/mol. The quantitative estimate of drug-likeness (QED) is 0.792. The molecular weight excluding hydrogens is 252 g/mol. The van der Waals surface area contributed by atoms with Gasteiger partial charge in [-0.2, -0.15) is 9.40 Å². The van der Waals surface area contributed by atoms with Gasteiger partial charge in [-0.1, -0.05) is 0 Å². The maximum absolute atomic E-state index is 12.5. The number of nitrogens with one attached hydrogen (secondary N) is 2. The van der Waals surface area contributed by atoms with Crippen LogP contribution in [0.4, 0.5) is 0 Å². The largest absolute Gasteiger partial charge is 0.316 e. The lowest BCUT2D eigenvalue weighted by Crippen LogP contribution is -2.37. The van der Waals surface area contributed by atoms with E-state index in [1.807, 2.05) is 6.92 Å². The summed E-state index contributed by atoms with van der Waals surface area (Å²) in [5.41, 5.74) is 0.673. The Balaban J connectivity index is 2.26. The standard InChI is InChI=1S/C11H20N4O2S/c1-8(9-4-5-9)15(3)18(16,17)11-10(6-12-2)7-13-14-11/h7-9,12H,4-6H2,1-3H3,(H,13,14). The molecule has 6 nitrogen and oxygen atoms in total. The van der Waals surface area contributed by atoms with E-state index in [0.717, 1.165) is 12.8 Å². The molecule has 1 aliphatic rings. The number of sulfonamides is 1. The molecule has 18 heavy (non-hydrogen) atoms. The Morgan fingerprint density at radius 1 is 1.61 bits per heavy atom. The van der Waals surface area contributed by atoms with Gasteiger partial charge in [0.05, 0.1) is 6.20 Å². The highest BCUT2D eigenvalue weighted by molar-refractivity contribution is 7.89. The molecule has 1 fully saturated rings. The van der Waals surface area contributed by atoms with Crippen LogP contribution < -0.4 is 5.32 Å². The highest BCUT2D eigenvalue weighted by Crippen LogP contribution is 2.36. The summed E-state index contributed by atoms with van der Waals surface area (Å²) in [7, 11) is -0.0586. The fraction of sp³-hybridized carbons (Fsp3) is 0.727. The molecule has 1 aromatic heterocycles. The zero-order valence-electron chi connectivity index (χ0n) is 11.0. The number of aromatic nitrogens is 2. The van der Waals surface area contributed by atoms with Crippen molar-refractivity contribution in [3.05, 3.63) is 11.8 Å². The molecule has 1 aliphatic carbocycles. The molecule has 0 saturated heterocycles. The van der Waals surface area contributed by atoms with E-state index in [2.05, 4.69) is 15.5 Å². The van der Waals surface area contributed by atoms with Gasteiger partial charge >= 0.3 is 0 Å². The number of hydrogen-bond acceptors (Lipinski definition) is 4. The van der Waals surface area contributed by atoms with Crippen LogP contribution in [0.15, 0.2) is 11.2 Å². The molecule has 102 valence electrons. The van der Waals surface area contributed by atoms with Gasteiger partial charge in [-0.05, 0) is 32.7 Å². The van der Waals surface area contributed by atoms with Crippen molar-refractivity contribution in [1.82, 2.24) is 19.8 Å². The number of H-pyrrole nitrogens is 1. The number of rotatable bonds is 6. The lowest BCUT2D eigenvalue weighted by atomic mass is 10.2. The average molecular weight is 272 g/mol. The second kappa shape index (κ2) is 4.99. The first-order chi connectivity index (χ1) is 8.48. The minimum absolute atomic E-state index is 0.0423. The topological polar surface area (TPSA) is 78.1 Å². The zero-order valence-corrected chi connectivity index (χ0v) is 11.8. The maximum Gasteiger partial charge on any atom is 0.260 e. The minimum atomic E-state index is -3.48. The molecule has 0 amide bonds. The fourth-order valence-electron chi connectivity index (χ4n) is 2.08. The predicted octanol–water partition coefficient (Wildman–Crippen LogP) is 0.548. The van der Waals surface area contributed by atoms with Crippen LogP contribution in [0.2, 0.25) is 0 Å². The van der Waals surface area contributed by atoms with Crippen LogP contribution in [0.3, 0.4) is 0 Å². The molecule has 0 aliphatic heterocycles. The van der Waals surface area contributed by atoms with Gasteiger partial charge in [0.1, 0.15) is 0 Å². The Kier molecular flexibility index (Phi) is 3.74. The van der Waals surface area contributed by atoms with Crippen molar-refractivity contribution in [1.29, 1.82) is 0 Å². The first-order valence-electron chi connectivity index (χ1n) is 6.13. The van der Waals surface area contributed by atoms with Gasteiger partial charge in [-0.3, -0.25) is 5.10 Å². The summed E-state index contributed by atoms with van der Waals surface area (Å²) >= 11 is 0. The van der Waals surface area contributed by atoms with E-state index in [1.54, 1.807) is 20.3 Å². The minimum Gasteiger partial charge on any atom is -0.316 e. The van der Waals surface area contributed by atoms with Gasteiger partial charge in [0.15, 0.2) is 5.03 Å². The van der Waals surface area contributed by atoms with Crippen LogP contribution in [-0.2, 0) is 16.6 Å². The van der Waals surface area contributed by atoms with Crippen molar-refractivity contribution in [2.45, 2.75) is 37.4 Å². The first kappa shape index (κ1) is 13.5. The van der Waals surface area contributed by atoms with E-state index in [4.69, 9.17) is 0 Å². The first-order valence-corrected chi connectivity index (χ1v) is 7.57. The van der Waals surface area contributed by atoms with E-state index in [9.17, 15) is 8.42 Å². The molecule has 1 aromatic rings. The normalized spacial score (nSPS) is 18.2. The van der Waals surface area contributed by atoms with Crippen molar-refractivity contribution < 1.29 is 8.42 Å². The van der Waals surface area contributed by atoms with E-state index in [0.29, 0.717) is 18.0 Å². The molecular formula is C11H20N4O2S.